The molecule has 1 aliphatic heterocycles. The summed E-state index contributed by atoms with van der Waals surface area (Å²) < 4.78 is 28.5. The Bertz CT molecular complexity index is 1120. The summed E-state index contributed by atoms with van der Waals surface area (Å²) in [5, 5.41) is 3.04. The van der Waals surface area contributed by atoms with Gasteiger partial charge in [0.15, 0.2) is 0 Å². The second-order valence-electron chi connectivity index (χ2n) is 7.32. The van der Waals surface area contributed by atoms with Crippen molar-refractivity contribution < 1.29 is 8.42 Å². The van der Waals surface area contributed by atoms with Gasteiger partial charge in [-0.05, 0) is 61.4 Å². The first-order valence-corrected chi connectivity index (χ1v) is 11.6. The molecule has 1 fully saturated rings. The van der Waals surface area contributed by atoms with E-state index in [-0.39, 0.29) is 0 Å². The van der Waals surface area contributed by atoms with Gasteiger partial charge in [-0.2, -0.15) is 4.31 Å². The number of piperazine rings is 1. The van der Waals surface area contributed by atoms with E-state index in [9.17, 15) is 8.42 Å². The molecule has 6 nitrogen and oxygen atoms in total. The summed E-state index contributed by atoms with van der Waals surface area (Å²) in [7, 11) is -3.53. The average molecular weight is 417 g/mol. The average Bonchev–Trinajstić information content (AvgIpc) is 3.15. The molecule has 148 valence electrons. The van der Waals surface area contributed by atoms with Crippen molar-refractivity contribution in [1.82, 2.24) is 14.3 Å². The zero-order chi connectivity index (χ0) is 20.1. The zero-order valence-electron chi connectivity index (χ0n) is 16.6. The van der Waals surface area contributed by atoms with Gasteiger partial charge in [0.1, 0.15) is 17.0 Å². The number of benzene rings is 1. The molecule has 28 heavy (non-hydrogen) atoms. The fourth-order valence-electron chi connectivity index (χ4n) is 3.87. The van der Waals surface area contributed by atoms with E-state index >= 15 is 0 Å². The number of anilines is 1. The maximum absolute atomic E-state index is 13.4. The number of nitrogens with zero attached hydrogens (tertiary/aromatic N) is 4. The van der Waals surface area contributed by atoms with Crippen LogP contribution < -0.4 is 4.90 Å². The SMILES string of the molecule is Cc1cc(C)c(C)c(S(=O)(=O)N2CCN(c3ncnc4sccc34)CC2)c1C. The highest BCUT2D eigenvalue weighted by molar-refractivity contribution is 7.89. The number of hydrogen-bond acceptors (Lipinski definition) is 6. The Hall–Kier alpha value is -2.03. The largest absolute Gasteiger partial charge is 0.353 e. The van der Waals surface area contributed by atoms with E-state index in [0.29, 0.717) is 31.1 Å². The molecule has 0 saturated carbocycles. The van der Waals surface area contributed by atoms with Gasteiger partial charge in [-0.1, -0.05) is 6.07 Å². The van der Waals surface area contributed by atoms with Gasteiger partial charge in [-0.15, -0.1) is 11.3 Å². The minimum Gasteiger partial charge on any atom is -0.353 e. The molecule has 1 aromatic carbocycles. The van der Waals surface area contributed by atoms with Gasteiger partial charge < -0.3 is 4.90 Å². The molecule has 1 saturated heterocycles. The molecule has 0 amide bonds. The van der Waals surface area contributed by atoms with Crippen LogP contribution in [0.5, 0.6) is 0 Å². The van der Waals surface area contributed by atoms with Crippen LogP contribution in [0, 0.1) is 27.7 Å². The van der Waals surface area contributed by atoms with E-state index in [1.807, 2.05) is 39.1 Å². The highest BCUT2D eigenvalue weighted by Crippen LogP contribution is 2.31. The molecule has 1 aliphatic rings. The van der Waals surface area contributed by atoms with Crippen molar-refractivity contribution in [2.45, 2.75) is 32.6 Å². The summed E-state index contributed by atoms with van der Waals surface area (Å²) in [6.45, 7) is 9.87. The Balaban J connectivity index is 1.61. The highest BCUT2D eigenvalue weighted by Gasteiger charge is 2.32. The van der Waals surface area contributed by atoms with E-state index in [2.05, 4.69) is 20.9 Å². The third kappa shape index (κ3) is 3.09. The molecule has 0 N–H and O–H groups in total. The van der Waals surface area contributed by atoms with Gasteiger partial charge in [0, 0.05) is 26.2 Å². The molecule has 0 unspecified atom stereocenters. The molecule has 8 heteroatoms. The second-order valence-corrected chi connectivity index (χ2v) is 10.1. The van der Waals surface area contributed by atoms with Crippen LogP contribution in [0.2, 0.25) is 0 Å². The van der Waals surface area contributed by atoms with Crippen LogP contribution in [0.4, 0.5) is 5.82 Å². The van der Waals surface area contributed by atoms with Crippen LogP contribution in [-0.2, 0) is 10.0 Å². The van der Waals surface area contributed by atoms with Crippen LogP contribution in [-0.4, -0.2) is 48.9 Å². The number of aromatic nitrogens is 2. The number of aryl methyl sites for hydroxylation is 2. The summed E-state index contributed by atoms with van der Waals surface area (Å²) in [6, 6.07) is 4.09. The van der Waals surface area contributed by atoms with Crippen LogP contribution in [0.25, 0.3) is 10.2 Å². The summed E-state index contributed by atoms with van der Waals surface area (Å²) in [4.78, 5) is 12.3. The molecule has 4 rings (SSSR count). The number of sulfonamides is 1. The lowest BCUT2D eigenvalue weighted by Crippen LogP contribution is -2.49. The fraction of sp³-hybridized carbons (Fsp3) is 0.400. The monoisotopic (exact) mass is 416 g/mol. The third-order valence-electron chi connectivity index (χ3n) is 5.67. The molecular weight excluding hydrogens is 392 g/mol. The molecule has 2 aromatic heterocycles. The van der Waals surface area contributed by atoms with Gasteiger partial charge >= 0.3 is 0 Å². The normalized spacial score (nSPS) is 16.1. The standard InChI is InChI=1S/C20H24N4O2S2/c1-13-11-14(2)16(4)18(15(13)3)28(25,26)24-8-6-23(7-9-24)19-17-5-10-27-20(17)22-12-21-19/h5,10-12H,6-9H2,1-4H3. The minimum atomic E-state index is -3.53. The van der Waals surface area contributed by atoms with Crippen LogP contribution in [0.1, 0.15) is 22.3 Å². The van der Waals surface area contributed by atoms with Crippen LogP contribution in [0.3, 0.4) is 0 Å². The highest BCUT2D eigenvalue weighted by atomic mass is 32.2. The van der Waals surface area contributed by atoms with E-state index in [4.69, 9.17) is 0 Å². The molecule has 0 atom stereocenters. The molecule has 0 aliphatic carbocycles. The smallest absolute Gasteiger partial charge is 0.243 e. The quantitative estimate of drug-likeness (QED) is 0.654. The minimum absolute atomic E-state index is 0.448. The second kappa shape index (κ2) is 7.09. The van der Waals surface area contributed by atoms with E-state index in [1.165, 1.54) is 0 Å². The maximum Gasteiger partial charge on any atom is 0.243 e. The molecule has 0 radical (unpaired) electrons. The lowest BCUT2D eigenvalue weighted by atomic mass is 10.0. The van der Waals surface area contributed by atoms with Crippen LogP contribution in [0.15, 0.2) is 28.7 Å². The van der Waals surface area contributed by atoms with Gasteiger partial charge in [-0.25, -0.2) is 18.4 Å². The molecule has 0 spiro atoms. The van der Waals surface area contributed by atoms with Gasteiger partial charge in [0.25, 0.3) is 0 Å². The first-order chi connectivity index (χ1) is 13.3. The predicted octanol–water partition coefficient (Wildman–Crippen LogP) is 3.44. The van der Waals surface area contributed by atoms with Gasteiger partial charge in [-0.3, -0.25) is 0 Å². The van der Waals surface area contributed by atoms with Crippen molar-refractivity contribution in [2.75, 3.05) is 31.1 Å². The lowest BCUT2D eigenvalue weighted by Gasteiger charge is -2.35. The Morgan fingerprint density at radius 3 is 2.25 bits per heavy atom. The summed E-state index contributed by atoms with van der Waals surface area (Å²) in [5.41, 5.74) is 3.73. The van der Waals surface area contributed by atoms with E-state index in [1.54, 1.807) is 22.0 Å². The molecular formula is C20H24N4O2S2. The summed E-state index contributed by atoms with van der Waals surface area (Å²) in [5.74, 6) is 0.891. The van der Waals surface area contributed by atoms with Gasteiger partial charge in [0.05, 0.1) is 10.3 Å². The summed E-state index contributed by atoms with van der Waals surface area (Å²) >= 11 is 1.59. The fourth-order valence-corrected chi connectivity index (χ4v) is 6.59. The van der Waals surface area contributed by atoms with Crippen LogP contribution >= 0.6 is 11.3 Å². The van der Waals surface area contributed by atoms with Crippen molar-refractivity contribution in [1.29, 1.82) is 0 Å². The van der Waals surface area contributed by atoms with Crippen molar-refractivity contribution in [3.05, 3.63) is 46.1 Å². The Labute approximate surface area is 169 Å². The Morgan fingerprint density at radius 1 is 0.964 bits per heavy atom. The number of hydrogen-bond donors (Lipinski definition) is 0. The summed E-state index contributed by atoms with van der Waals surface area (Å²) in [6.07, 6.45) is 1.58. The van der Waals surface area contributed by atoms with Crippen molar-refractivity contribution >= 4 is 37.4 Å². The van der Waals surface area contributed by atoms with Gasteiger partial charge in [0.2, 0.25) is 10.0 Å². The molecule has 3 aromatic rings. The number of thiophene rings is 1. The van der Waals surface area contributed by atoms with Crippen molar-refractivity contribution in [2.24, 2.45) is 0 Å². The third-order valence-corrected chi connectivity index (χ3v) is 8.67. The zero-order valence-corrected chi connectivity index (χ0v) is 18.2. The Morgan fingerprint density at radius 2 is 1.61 bits per heavy atom. The van der Waals surface area contributed by atoms with Crippen molar-refractivity contribution in [3.63, 3.8) is 0 Å². The molecule has 3 heterocycles. The van der Waals surface area contributed by atoms with E-state index in [0.717, 1.165) is 38.3 Å². The lowest BCUT2D eigenvalue weighted by molar-refractivity contribution is 0.383. The van der Waals surface area contributed by atoms with E-state index < -0.39 is 10.0 Å². The number of rotatable bonds is 3. The molecule has 0 bridgehead atoms. The number of fused-ring (bicyclic) bond motifs is 1. The topological polar surface area (TPSA) is 66.4 Å². The maximum atomic E-state index is 13.4. The van der Waals surface area contributed by atoms with Crippen molar-refractivity contribution in [3.8, 4) is 0 Å². The first-order valence-electron chi connectivity index (χ1n) is 9.31. The Kier molecular flexibility index (Phi) is 4.89. The predicted molar refractivity (Wildman–Crippen MR) is 114 cm³/mol. The first kappa shape index (κ1) is 19.3.